The molecule has 0 aliphatic carbocycles. The van der Waals surface area contributed by atoms with Gasteiger partial charge in [0.2, 0.25) is 5.95 Å². The highest BCUT2D eigenvalue weighted by molar-refractivity contribution is 14.0. The highest BCUT2D eigenvalue weighted by Gasteiger charge is 2.30. The number of anilines is 2. The lowest BCUT2D eigenvalue weighted by molar-refractivity contribution is -0.137. The van der Waals surface area contributed by atoms with Gasteiger partial charge in [0.05, 0.1) is 25.5 Å². The maximum absolute atomic E-state index is 12.8. The number of nitrogens with two attached hydrogens (primary N) is 2. The number of aromatic amines is 1. The molecule has 1 aromatic heterocycles. The fraction of sp³-hybridized carbons (Fsp3) is 0.152. The lowest BCUT2D eigenvalue weighted by Gasteiger charge is -2.07. The molecule has 0 saturated carbocycles. The first-order valence-corrected chi connectivity index (χ1v) is 15.3. The second kappa shape index (κ2) is 19.9. The summed E-state index contributed by atoms with van der Waals surface area (Å²) in [5, 5.41) is 10.1. The van der Waals surface area contributed by atoms with Crippen molar-refractivity contribution < 1.29 is 27.4 Å². The number of rotatable bonds is 7. The largest absolute Gasteiger partial charge is 0.497 e. The summed E-state index contributed by atoms with van der Waals surface area (Å²) >= 11 is 1.43. The van der Waals surface area contributed by atoms with Crippen LogP contribution in [0.5, 0.6) is 11.5 Å². The SMILES string of the molecule is COc1ccc(N=C(N)SC)cc1.COc1ccc(Nc2n[nH]c(-c3cccc(C(F)(F)F)c3)n2)cc1.Cc1cccc(C(=O)NN)c1.I. The number of amides is 1. The monoisotopic (exact) mass is 808 g/mol. The van der Waals surface area contributed by atoms with Crippen molar-refractivity contribution in [3.8, 4) is 22.9 Å². The number of alkyl halides is 3. The van der Waals surface area contributed by atoms with Crippen LogP contribution in [0.3, 0.4) is 0 Å². The molecule has 0 atom stereocenters. The Morgan fingerprint density at radius 1 is 0.918 bits per heavy atom. The number of H-pyrrole nitrogens is 1. The number of hydrogen-bond acceptors (Lipinski definition) is 9. The second-order valence-corrected chi connectivity index (χ2v) is 10.5. The van der Waals surface area contributed by atoms with E-state index in [9.17, 15) is 18.0 Å². The zero-order valence-electron chi connectivity index (χ0n) is 26.9. The van der Waals surface area contributed by atoms with Crippen molar-refractivity contribution in [3.63, 3.8) is 0 Å². The van der Waals surface area contributed by atoms with Crippen molar-refractivity contribution in [3.05, 3.63) is 114 Å². The highest BCUT2D eigenvalue weighted by atomic mass is 127. The number of aromatic nitrogens is 3. The first-order chi connectivity index (χ1) is 22.9. The summed E-state index contributed by atoms with van der Waals surface area (Å²) in [6, 6.07) is 26.7. The number of aryl methyl sites for hydroxylation is 1. The number of halogens is 4. The van der Waals surface area contributed by atoms with E-state index in [1.807, 2.05) is 49.6 Å². The third-order valence-electron chi connectivity index (χ3n) is 6.23. The number of benzene rings is 4. The van der Waals surface area contributed by atoms with Crippen LogP contribution < -0.4 is 31.8 Å². The van der Waals surface area contributed by atoms with E-state index in [0.29, 0.717) is 22.0 Å². The number of nitrogens with one attached hydrogen (secondary N) is 3. The van der Waals surface area contributed by atoms with E-state index in [1.54, 1.807) is 50.6 Å². The fourth-order valence-electron chi connectivity index (χ4n) is 3.79. The standard InChI is InChI=1S/C16H13F3N4O.C9H12N2OS.C8H10N2O.HI/c1-24-13-7-5-12(6-8-13)20-15-21-14(22-23-15)10-3-2-4-11(9-10)16(17,18)19;1-12-8-5-3-7(4-6-8)11-9(10)13-2;1-6-3-2-4-7(5-6)8(11)10-9;/h2-9H,1H3,(H2,20,21,22,23);3-6H,1-2H3,(H2,10,11);2-5H,9H2,1H3,(H,10,11);1H. The van der Waals surface area contributed by atoms with Crippen LogP contribution in [0.4, 0.5) is 30.5 Å². The molecule has 0 fully saturated rings. The fourth-order valence-corrected chi connectivity index (χ4v) is 3.99. The van der Waals surface area contributed by atoms with E-state index >= 15 is 0 Å². The van der Waals surface area contributed by atoms with Crippen LogP contribution in [0, 0.1) is 6.92 Å². The number of ether oxygens (including phenoxy) is 2. The van der Waals surface area contributed by atoms with Gasteiger partial charge in [-0.25, -0.2) is 10.8 Å². The Balaban J connectivity index is 0.000000282. The molecule has 0 radical (unpaired) electrons. The number of carbonyl (C=O) groups excluding carboxylic acids is 1. The molecule has 0 saturated heterocycles. The normalized spacial score (nSPS) is 10.7. The van der Waals surface area contributed by atoms with Crippen LogP contribution in [0.1, 0.15) is 21.5 Å². The zero-order chi connectivity index (χ0) is 35.1. The Kier molecular flexibility index (Phi) is 16.4. The van der Waals surface area contributed by atoms with Crippen molar-refractivity contribution >= 4 is 64.1 Å². The minimum absolute atomic E-state index is 0. The first kappa shape index (κ1) is 40.4. The van der Waals surface area contributed by atoms with Gasteiger partial charge in [0.25, 0.3) is 5.91 Å². The van der Waals surface area contributed by atoms with Crippen LogP contribution in [-0.4, -0.2) is 46.7 Å². The molecule has 1 heterocycles. The molecule has 11 nitrogen and oxygen atoms in total. The molecule has 5 aromatic rings. The van der Waals surface area contributed by atoms with Crippen LogP contribution in [0.2, 0.25) is 0 Å². The van der Waals surface area contributed by atoms with Gasteiger partial charge >= 0.3 is 6.18 Å². The van der Waals surface area contributed by atoms with Crippen molar-refractivity contribution in [2.24, 2.45) is 16.6 Å². The summed E-state index contributed by atoms with van der Waals surface area (Å²) in [5.74, 6) is 6.73. The number of carbonyl (C=O) groups is 1. The van der Waals surface area contributed by atoms with Gasteiger partial charge in [-0.05, 0) is 86.0 Å². The molecule has 4 aromatic carbocycles. The zero-order valence-corrected chi connectivity index (χ0v) is 30.1. The molecule has 0 bridgehead atoms. The number of nitrogens with zero attached hydrogens (tertiary/aromatic N) is 3. The van der Waals surface area contributed by atoms with Crippen molar-refractivity contribution in [2.75, 3.05) is 25.8 Å². The van der Waals surface area contributed by atoms with Crippen LogP contribution in [0.15, 0.2) is 102 Å². The van der Waals surface area contributed by atoms with Gasteiger partial charge in [0.1, 0.15) is 11.5 Å². The predicted molar refractivity (Wildman–Crippen MR) is 199 cm³/mol. The molecule has 1 amide bonds. The number of aliphatic imine (C=N–C) groups is 1. The van der Waals surface area contributed by atoms with Crippen LogP contribution >= 0.6 is 35.7 Å². The Morgan fingerprint density at radius 3 is 2.08 bits per heavy atom. The molecule has 260 valence electrons. The van der Waals surface area contributed by atoms with E-state index < -0.39 is 11.7 Å². The summed E-state index contributed by atoms with van der Waals surface area (Å²) in [7, 11) is 3.20. The second-order valence-electron chi connectivity index (χ2n) is 9.63. The number of thioether (sulfide) groups is 1. The smallest absolute Gasteiger partial charge is 0.416 e. The molecule has 7 N–H and O–H groups in total. The average molecular weight is 809 g/mol. The van der Waals surface area contributed by atoms with E-state index in [4.69, 9.17) is 21.1 Å². The topological polar surface area (TPSA) is 166 Å². The lowest BCUT2D eigenvalue weighted by atomic mass is 10.1. The maximum atomic E-state index is 12.8. The van der Waals surface area contributed by atoms with Crippen LogP contribution in [-0.2, 0) is 6.18 Å². The van der Waals surface area contributed by atoms with E-state index in [0.717, 1.165) is 34.8 Å². The van der Waals surface area contributed by atoms with Gasteiger partial charge in [-0.2, -0.15) is 18.2 Å². The summed E-state index contributed by atoms with van der Waals surface area (Å²) < 4.78 is 48.4. The van der Waals surface area contributed by atoms with Gasteiger partial charge < -0.3 is 20.5 Å². The first-order valence-electron chi connectivity index (χ1n) is 14.1. The van der Waals surface area contributed by atoms with Crippen LogP contribution in [0.25, 0.3) is 11.4 Å². The third-order valence-corrected chi connectivity index (χ3v) is 6.74. The molecule has 0 spiro atoms. The Bertz CT molecular complexity index is 1790. The quantitative estimate of drug-likeness (QED) is 0.0280. The molecule has 5 rings (SSSR count). The Labute approximate surface area is 303 Å². The lowest BCUT2D eigenvalue weighted by Crippen LogP contribution is -2.29. The minimum atomic E-state index is -4.40. The summed E-state index contributed by atoms with van der Waals surface area (Å²) in [6.07, 6.45) is -2.51. The van der Waals surface area contributed by atoms with E-state index in [1.165, 1.54) is 23.9 Å². The van der Waals surface area contributed by atoms with Crippen molar-refractivity contribution in [2.45, 2.75) is 13.1 Å². The van der Waals surface area contributed by atoms with Gasteiger partial charge in [-0.1, -0.05) is 41.6 Å². The molecular weight excluding hydrogens is 772 g/mol. The summed E-state index contributed by atoms with van der Waals surface area (Å²) in [5.41, 5.74) is 10.4. The third kappa shape index (κ3) is 13.3. The highest BCUT2D eigenvalue weighted by Crippen LogP contribution is 2.31. The maximum Gasteiger partial charge on any atom is 0.416 e. The molecule has 16 heteroatoms. The number of hydrazine groups is 1. The van der Waals surface area contributed by atoms with E-state index in [-0.39, 0.29) is 41.7 Å². The molecule has 0 aliphatic rings. The van der Waals surface area contributed by atoms with E-state index in [2.05, 4.69) is 30.9 Å². The average Bonchev–Trinajstić information content (AvgIpc) is 3.57. The molecule has 49 heavy (non-hydrogen) atoms. The molecular formula is C33H36F3IN8O3S. The van der Waals surface area contributed by atoms with Crippen molar-refractivity contribution in [1.82, 2.24) is 20.6 Å². The van der Waals surface area contributed by atoms with Gasteiger partial charge in [-0.15, -0.1) is 29.1 Å². The molecule has 0 unspecified atom stereocenters. The Morgan fingerprint density at radius 2 is 1.53 bits per heavy atom. The van der Waals surface area contributed by atoms with Gasteiger partial charge in [0, 0.05) is 16.8 Å². The number of hydrogen-bond donors (Lipinski definition) is 5. The van der Waals surface area contributed by atoms with Gasteiger partial charge in [-0.3, -0.25) is 15.3 Å². The number of nitrogen functional groups attached to an aromatic ring is 1. The van der Waals surface area contributed by atoms with Gasteiger partial charge in [0.15, 0.2) is 11.0 Å². The Hall–Kier alpha value is -4.81. The predicted octanol–water partition coefficient (Wildman–Crippen LogP) is 7.46. The number of methoxy groups -OCH3 is 2. The summed E-state index contributed by atoms with van der Waals surface area (Å²) in [4.78, 5) is 19.2. The molecule has 0 aliphatic heterocycles. The summed E-state index contributed by atoms with van der Waals surface area (Å²) in [6.45, 7) is 1.92. The minimum Gasteiger partial charge on any atom is -0.497 e. The number of amidine groups is 1. The van der Waals surface area contributed by atoms with Crippen molar-refractivity contribution in [1.29, 1.82) is 0 Å².